The highest BCUT2D eigenvalue weighted by atomic mass is 79.9. The Morgan fingerprint density at radius 2 is 2.38 bits per heavy atom. The Hall–Kier alpha value is -0.840. The number of hydrogen-bond donors (Lipinski definition) is 1. The van der Waals surface area contributed by atoms with Crippen LogP contribution in [0.5, 0.6) is 0 Å². The van der Waals surface area contributed by atoms with Gasteiger partial charge in [0.15, 0.2) is 0 Å². The van der Waals surface area contributed by atoms with Gasteiger partial charge in [0.05, 0.1) is 22.8 Å². The fourth-order valence-corrected chi connectivity index (χ4v) is 1.53. The third kappa shape index (κ3) is 2.30. The number of hydrogen-bond acceptors (Lipinski definition) is 2. The zero-order chi connectivity index (χ0) is 10.0. The maximum Gasteiger partial charge on any atom is 0.309 e. The minimum absolute atomic E-state index is 0.00123. The van der Waals surface area contributed by atoms with Gasteiger partial charge in [-0.15, -0.1) is 0 Å². The van der Waals surface area contributed by atoms with Crippen molar-refractivity contribution in [2.24, 2.45) is 0 Å². The van der Waals surface area contributed by atoms with Gasteiger partial charge in [-0.05, 0) is 29.8 Å². The summed E-state index contributed by atoms with van der Waals surface area (Å²) >= 11 is 3.27. The molecule has 72 valence electrons. The first-order valence-corrected chi connectivity index (χ1v) is 4.75. The predicted octanol–water partition coefficient (Wildman–Crippen LogP) is 1.85. The summed E-state index contributed by atoms with van der Waals surface area (Å²) in [5, 5.41) is 12.7. The molecular formula is C8H11BrN2O2. The number of halogens is 1. The summed E-state index contributed by atoms with van der Waals surface area (Å²) in [7, 11) is 0. The number of carbonyl (C=O) groups is 1. The molecular weight excluding hydrogens is 236 g/mol. The van der Waals surface area contributed by atoms with E-state index in [9.17, 15) is 4.79 Å². The van der Waals surface area contributed by atoms with E-state index in [0.717, 1.165) is 4.47 Å². The molecule has 0 aliphatic carbocycles. The third-order valence-electron chi connectivity index (χ3n) is 1.66. The van der Waals surface area contributed by atoms with E-state index in [1.54, 1.807) is 10.9 Å². The normalized spacial score (nSPS) is 10.8. The van der Waals surface area contributed by atoms with Crippen molar-refractivity contribution in [1.82, 2.24) is 9.78 Å². The molecule has 0 atom stereocenters. The van der Waals surface area contributed by atoms with Gasteiger partial charge in [0, 0.05) is 6.04 Å². The zero-order valence-electron chi connectivity index (χ0n) is 7.49. The molecule has 0 bridgehead atoms. The van der Waals surface area contributed by atoms with Gasteiger partial charge in [-0.25, -0.2) is 0 Å². The van der Waals surface area contributed by atoms with Crippen LogP contribution < -0.4 is 0 Å². The molecule has 0 spiro atoms. The van der Waals surface area contributed by atoms with Crippen LogP contribution in [0, 0.1) is 0 Å². The van der Waals surface area contributed by atoms with Crippen molar-refractivity contribution < 1.29 is 9.90 Å². The molecule has 1 heterocycles. The number of rotatable bonds is 3. The molecule has 1 aromatic rings. The maximum absolute atomic E-state index is 10.5. The van der Waals surface area contributed by atoms with Gasteiger partial charge in [0.1, 0.15) is 0 Å². The van der Waals surface area contributed by atoms with Crippen LogP contribution in [0.2, 0.25) is 0 Å². The molecule has 4 nitrogen and oxygen atoms in total. The first-order valence-electron chi connectivity index (χ1n) is 3.96. The molecule has 0 saturated carbocycles. The number of carboxylic acid groups (broad SMARTS) is 1. The highest BCUT2D eigenvalue weighted by Gasteiger charge is 2.13. The summed E-state index contributed by atoms with van der Waals surface area (Å²) in [6.07, 6.45) is 1.62. The van der Waals surface area contributed by atoms with Crippen LogP contribution >= 0.6 is 15.9 Å². The molecule has 0 radical (unpaired) electrons. The topological polar surface area (TPSA) is 55.1 Å². The van der Waals surface area contributed by atoms with Gasteiger partial charge in [0.2, 0.25) is 0 Å². The van der Waals surface area contributed by atoms with Crippen LogP contribution in [0.25, 0.3) is 0 Å². The van der Waals surface area contributed by atoms with Gasteiger partial charge in [-0.1, -0.05) is 0 Å². The van der Waals surface area contributed by atoms with Crippen LogP contribution in [-0.2, 0) is 11.2 Å². The molecule has 1 aromatic heterocycles. The highest BCUT2D eigenvalue weighted by Crippen LogP contribution is 2.19. The molecule has 0 aromatic carbocycles. The van der Waals surface area contributed by atoms with Crippen LogP contribution in [0.4, 0.5) is 0 Å². The lowest BCUT2D eigenvalue weighted by atomic mass is 10.3. The number of carboxylic acids is 1. The fourth-order valence-electron chi connectivity index (χ4n) is 1.12. The minimum atomic E-state index is -0.844. The van der Waals surface area contributed by atoms with Crippen molar-refractivity contribution in [3.63, 3.8) is 0 Å². The number of aromatic nitrogens is 2. The van der Waals surface area contributed by atoms with Crippen molar-refractivity contribution in [3.8, 4) is 0 Å². The Morgan fingerprint density at radius 3 is 2.85 bits per heavy atom. The summed E-state index contributed by atoms with van der Waals surface area (Å²) in [5.74, 6) is -0.844. The second kappa shape index (κ2) is 3.91. The standard InChI is InChI=1S/C8H11BrN2O2/c1-5(2)11-7(3-8(12)13)6(9)4-10-11/h4-5H,3H2,1-2H3,(H,12,13). The van der Waals surface area contributed by atoms with E-state index in [1.165, 1.54) is 0 Å². The number of aliphatic carboxylic acids is 1. The van der Waals surface area contributed by atoms with Gasteiger partial charge < -0.3 is 5.11 Å². The Bertz CT molecular complexity index is 320. The monoisotopic (exact) mass is 246 g/mol. The van der Waals surface area contributed by atoms with Crippen molar-refractivity contribution in [3.05, 3.63) is 16.4 Å². The van der Waals surface area contributed by atoms with Gasteiger partial charge in [-0.3, -0.25) is 9.48 Å². The van der Waals surface area contributed by atoms with E-state index < -0.39 is 5.97 Å². The summed E-state index contributed by atoms with van der Waals surface area (Å²) in [6, 6.07) is 0.181. The van der Waals surface area contributed by atoms with Crippen molar-refractivity contribution in [2.75, 3.05) is 0 Å². The van der Waals surface area contributed by atoms with Gasteiger partial charge in [0.25, 0.3) is 0 Å². The molecule has 0 unspecified atom stereocenters. The largest absolute Gasteiger partial charge is 0.481 e. The smallest absolute Gasteiger partial charge is 0.309 e. The molecule has 5 heteroatoms. The van der Waals surface area contributed by atoms with Gasteiger partial charge >= 0.3 is 5.97 Å². The summed E-state index contributed by atoms with van der Waals surface area (Å²) in [4.78, 5) is 10.5. The Labute approximate surface area is 84.7 Å². The lowest BCUT2D eigenvalue weighted by Gasteiger charge is -2.09. The van der Waals surface area contributed by atoms with E-state index in [4.69, 9.17) is 5.11 Å². The summed E-state index contributed by atoms with van der Waals surface area (Å²) in [6.45, 7) is 3.93. The molecule has 1 rings (SSSR count). The second-order valence-electron chi connectivity index (χ2n) is 3.05. The highest BCUT2D eigenvalue weighted by molar-refractivity contribution is 9.10. The van der Waals surface area contributed by atoms with Crippen LogP contribution in [-0.4, -0.2) is 20.9 Å². The summed E-state index contributed by atoms with van der Waals surface area (Å²) < 4.78 is 2.46. The average Bonchev–Trinajstić information content (AvgIpc) is 2.32. The Kier molecular flexibility index (Phi) is 3.08. The SMILES string of the molecule is CC(C)n1ncc(Br)c1CC(=O)O. The molecule has 1 N–H and O–H groups in total. The Balaban J connectivity index is 3.01. The first-order chi connectivity index (χ1) is 6.02. The molecule has 0 saturated heterocycles. The molecule has 0 aliphatic heterocycles. The minimum Gasteiger partial charge on any atom is -0.481 e. The zero-order valence-corrected chi connectivity index (χ0v) is 9.08. The average molecular weight is 247 g/mol. The van der Waals surface area contributed by atoms with Crippen molar-refractivity contribution in [2.45, 2.75) is 26.3 Å². The van der Waals surface area contributed by atoms with Crippen LogP contribution in [0.1, 0.15) is 25.6 Å². The lowest BCUT2D eigenvalue weighted by molar-refractivity contribution is -0.136. The van der Waals surface area contributed by atoms with E-state index >= 15 is 0 Å². The molecule has 0 fully saturated rings. The third-order valence-corrected chi connectivity index (χ3v) is 2.32. The summed E-state index contributed by atoms with van der Waals surface area (Å²) in [5.41, 5.74) is 0.711. The van der Waals surface area contributed by atoms with E-state index in [2.05, 4.69) is 21.0 Å². The predicted molar refractivity (Wildman–Crippen MR) is 51.7 cm³/mol. The number of nitrogens with zero attached hydrogens (tertiary/aromatic N) is 2. The molecule has 13 heavy (non-hydrogen) atoms. The molecule has 0 aliphatic rings. The lowest BCUT2D eigenvalue weighted by Crippen LogP contribution is -2.11. The van der Waals surface area contributed by atoms with E-state index in [0.29, 0.717) is 5.69 Å². The van der Waals surface area contributed by atoms with Gasteiger partial charge in [-0.2, -0.15) is 5.10 Å². The van der Waals surface area contributed by atoms with Crippen molar-refractivity contribution in [1.29, 1.82) is 0 Å². The quantitative estimate of drug-likeness (QED) is 0.886. The van der Waals surface area contributed by atoms with E-state index in [-0.39, 0.29) is 12.5 Å². The van der Waals surface area contributed by atoms with Crippen LogP contribution in [0.15, 0.2) is 10.7 Å². The Morgan fingerprint density at radius 1 is 1.77 bits per heavy atom. The van der Waals surface area contributed by atoms with Crippen molar-refractivity contribution >= 4 is 21.9 Å². The van der Waals surface area contributed by atoms with Crippen LogP contribution in [0.3, 0.4) is 0 Å². The fraction of sp³-hybridized carbons (Fsp3) is 0.500. The molecule has 0 amide bonds. The second-order valence-corrected chi connectivity index (χ2v) is 3.90. The van der Waals surface area contributed by atoms with E-state index in [1.807, 2.05) is 13.8 Å². The maximum atomic E-state index is 10.5. The first kappa shape index (κ1) is 10.2.